The van der Waals surface area contributed by atoms with Crippen LogP contribution in [0, 0.1) is 23.6 Å². The number of rotatable bonds is 3. The summed E-state index contributed by atoms with van der Waals surface area (Å²) in [7, 11) is 0. The smallest absolute Gasteiger partial charge is 0.123 e. The minimum atomic E-state index is -0.168. The predicted molar refractivity (Wildman–Crippen MR) is 108 cm³/mol. The van der Waals surface area contributed by atoms with Crippen LogP contribution in [0.15, 0.2) is 54.6 Å². The summed E-state index contributed by atoms with van der Waals surface area (Å²) in [5, 5.41) is 0. The summed E-state index contributed by atoms with van der Waals surface area (Å²) in [5.41, 5.74) is 5.38. The zero-order valence-electron chi connectivity index (χ0n) is 15.8. The molecule has 0 radical (unpaired) electrons. The fourth-order valence-corrected chi connectivity index (χ4v) is 5.09. The Kier molecular flexibility index (Phi) is 5.24. The second-order valence-electron chi connectivity index (χ2n) is 8.19. The van der Waals surface area contributed by atoms with Crippen LogP contribution in [0.25, 0.3) is 11.1 Å². The van der Waals surface area contributed by atoms with Crippen LogP contribution >= 0.6 is 0 Å². The fourth-order valence-electron chi connectivity index (χ4n) is 5.09. The number of allylic oxidation sites excluding steroid dienone is 2. The van der Waals surface area contributed by atoms with E-state index in [1.807, 2.05) is 12.1 Å². The summed E-state index contributed by atoms with van der Waals surface area (Å²) in [6, 6.07) is 13.7. The van der Waals surface area contributed by atoms with Crippen molar-refractivity contribution < 1.29 is 4.39 Å². The summed E-state index contributed by atoms with van der Waals surface area (Å²) in [5.74, 6) is 2.44. The Bertz CT molecular complexity index is 763. The standard InChI is InChI=1S/C25H29F/c1-2-3-18-4-6-19(7-5-18)21-8-10-24-17-22(9-11-23(24)16-21)20-12-14-25(26)15-13-20/h2-3,9,11-15,17-19,21H,4-8,10,16H2,1H3/b3-2+. The van der Waals surface area contributed by atoms with Gasteiger partial charge in [-0.25, -0.2) is 4.39 Å². The van der Waals surface area contributed by atoms with Crippen molar-refractivity contribution in [1.82, 2.24) is 0 Å². The highest BCUT2D eigenvalue weighted by Gasteiger charge is 2.29. The molecule has 1 fully saturated rings. The van der Waals surface area contributed by atoms with E-state index < -0.39 is 0 Å². The molecular weight excluding hydrogens is 319 g/mol. The first-order valence-corrected chi connectivity index (χ1v) is 10.2. The largest absolute Gasteiger partial charge is 0.207 e. The zero-order chi connectivity index (χ0) is 17.9. The van der Waals surface area contributed by atoms with Gasteiger partial charge < -0.3 is 0 Å². The number of hydrogen-bond acceptors (Lipinski definition) is 0. The van der Waals surface area contributed by atoms with Gasteiger partial charge in [-0.15, -0.1) is 0 Å². The van der Waals surface area contributed by atoms with E-state index in [9.17, 15) is 4.39 Å². The Labute approximate surface area is 157 Å². The zero-order valence-corrected chi connectivity index (χ0v) is 15.8. The van der Waals surface area contributed by atoms with Crippen molar-refractivity contribution in [3.05, 3.63) is 71.6 Å². The van der Waals surface area contributed by atoms with Crippen LogP contribution in [0.4, 0.5) is 4.39 Å². The number of benzene rings is 2. The van der Waals surface area contributed by atoms with Crippen molar-refractivity contribution in [2.75, 3.05) is 0 Å². The number of aryl methyl sites for hydroxylation is 1. The van der Waals surface area contributed by atoms with Gasteiger partial charge in [-0.05, 0) is 104 Å². The molecule has 4 rings (SSSR count). The second kappa shape index (κ2) is 7.78. The Morgan fingerprint density at radius 2 is 1.54 bits per heavy atom. The van der Waals surface area contributed by atoms with E-state index in [1.54, 1.807) is 17.7 Å². The Morgan fingerprint density at radius 3 is 2.27 bits per heavy atom. The average molecular weight is 349 g/mol. The lowest BCUT2D eigenvalue weighted by atomic mass is 9.69. The Balaban J connectivity index is 1.44. The van der Waals surface area contributed by atoms with Crippen molar-refractivity contribution in [3.8, 4) is 11.1 Å². The minimum absolute atomic E-state index is 0.168. The molecule has 136 valence electrons. The van der Waals surface area contributed by atoms with Gasteiger partial charge in [-0.1, -0.05) is 42.5 Å². The fraction of sp³-hybridized carbons (Fsp3) is 0.440. The Morgan fingerprint density at radius 1 is 0.808 bits per heavy atom. The Hall–Kier alpha value is -1.89. The summed E-state index contributed by atoms with van der Waals surface area (Å²) in [6.07, 6.45) is 14.0. The lowest BCUT2D eigenvalue weighted by Gasteiger charge is -2.36. The van der Waals surface area contributed by atoms with Gasteiger partial charge in [0.25, 0.3) is 0 Å². The van der Waals surface area contributed by atoms with Crippen LogP contribution in [0.5, 0.6) is 0 Å². The highest BCUT2D eigenvalue weighted by molar-refractivity contribution is 5.65. The van der Waals surface area contributed by atoms with E-state index in [2.05, 4.69) is 37.3 Å². The molecule has 26 heavy (non-hydrogen) atoms. The third-order valence-corrected chi connectivity index (χ3v) is 6.60. The summed E-state index contributed by atoms with van der Waals surface area (Å²) >= 11 is 0. The average Bonchev–Trinajstić information content (AvgIpc) is 2.69. The maximum Gasteiger partial charge on any atom is 0.123 e. The first-order chi connectivity index (χ1) is 12.7. The van der Waals surface area contributed by atoms with Crippen molar-refractivity contribution in [2.24, 2.45) is 17.8 Å². The van der Waals surface area contributed by atoms with Gasteiger partial charge in [0.05, 0.1) is 0 Å². The van der Waals surface area contributed by atoms with E-state index in [1.165, 1.54) is 56.1 Å². The van der Waals surface area contributed by atoms with Gasteiger partial charge in [-0.3, -0.25) is 0 Å². The maximum atomic E-state index is 13.2. The van der Waals surface area contributed by atoms with Crippen molar-refractivity contribution in [1.29, 1.82) is 0 Å². The van der Waals surface area contributed by atoms with Crippen molar-refractivity contribution >= 4 is 0 Å². The summed E-state index contributed by atoms with van der Waals surface area (Å²) < 4.78 is 13.2. The minimum Gasteiger partial charge on any atom is -0.207 e. The molecule has 0 amide bonds. The van der Waals surface area contributed by atoms with Gasteiger partial charge in [0, 0.05) is 0 Å². The monoisotopic (exact) mass is 348 g/mol. The van der Waals surface area contributed by atoms with Gasteiger partial charge in [0.2, 0.25) is 0 Å². The molecule has 1 atom stereocenters. The first-order valence-electron chi connectivity index (χ1n) is 10.2. The lowest BCUT2D eigenvalue weighted by Crippen LogP contribution is -2.26. The first kappa shape index (κ1) is 17.5. The number of hydrogen-bond donors (Lipinski definition) is 0. The van der Waals surface area contributed by atoms with Crippen LogP contribution in [-0.4, -0.2) is 0 Å². The summed E-state index contributed by atoms with van der Waals surface area (Å²) in [6.45, 7) is 2.14. The quantitative estimate of drug-likeness (QED) is 0.525. The predicted octanol–water partition coefficient (Wildman–Crippen LogP) is 6.98. The van der Waals surface area contributed by atoms with E-state index in [0.717, 1.165) is 23.3 Å². The molecule has 0 spiro atoms. The third kappa shape index (κ3) is 3.77. The second-order valence-corrected chi connectivity index (χ2v) is 8.19. The number of halogens is 1. The molecule has 1 heteroatoms. The van der Waals surface area contributed by atoms with Gasteiger partial charge in [-0.2, -0.15) is 0 Å². The van der Waals surface area contributed by atoms with E-state index in [-0.39, 0.29) is 5.82 Å². The molecule has 0 bridgehead atoms. The molecule has 1 saturated carbocycles. The molecule has 2 aliphatic rings. The van der Waals surface area contributed by atoms with E-state index in [4.69, 9.17) is 0 Å². The molecule has 0 nitrogen and oxygen atoms in total. The molecule has 0 aliphatic heterocycles. The van der Waals surface area contributed by atoms with Crippen LogP contribution in [0.1, 0.15) is 50.2 Å². The molecular formula is C25H29F. The molecule has 2 aliphatic carbocycles. The highest BCUT2D eigenvalue weighted by Crippen LogP contribution is 2.40. The van der Waals surface area contributed by atoms with E-state index in [0.29, 0.717) is 0 Å². The molecule has 1 unspecified atom stereocenters. The van der Waals surface area contributed by atoms with E-state index >= 15 is 0 Å². The lowest BCUT2D eigenvalue weighted by molar-refractivity contribution is 0.206. The van der Waals surface area contributed by atoms with Crippen molar-refractivity contribution in [2.45, 2.75) is 51.9 Å². The molecule has 2 aromatic carbocycles. The molecule has 0 heterocycles. The van der Waals surface area contributed by atoms with Crippen LogP contribution in [-0.2, 0) is 12.8 Å². The molecule has 2 aromatic rings. The van der Waals surface area contributed by atoms with Crippen LogP contribution in [0.3, 0.4) is 0 Å². The topological polar surface area (TPSA) is 0 Å². The molecule has 0 N–H and O–H groups in total. The molecule has 0 saturated heterocycles. The van der Waals surface area contributed by atoms with Gasteiger partial charge >= 0.3 is 0 Å². The van der Waals surface area contributed by atoms with Crippen LogP contribution < -0.4 is 0 Å². The SMILES string of the molecule is C/C=C/C1CCC(C2CCc3cc(-c4ccc(F)cc4)ccc3C2)CC1. The van der Waals surface area contributed by atoms with Crippen LogP contribution in [0.2, 0.25) is 0 Å². The highest BCUT2D eigenvalue weighted by atomic mass is 19.1. The number of fused-ring (bicyclic) bond motifs is 1. The summed E-state index contributed by atoms with van der Waals surface area (Å²) in [4.78, 5) is 0. The van der Waals surface area contributed by atoms with Crippen molar-refractivity contribution in [3.63, 3.8) is 0 Å². The van der Waals surface area contributed by atoms with Gasteiger partial charge in [0.1, 0.15) is 5.82 Å². The molecule has 0 aromatic heterocycles. The third-order valence-electron chi connectivity index (χ3n) is 6.60. The maximum absolute atomic E-state index is 13.2. The van der Waals surface area contributed by atoms with Gasteiger partial charge in [0.15, 0.2) is 0 Å². The normalized spacial score (nSPS) is 26.0.